The summed E-state index contributed by atoms with van der Waals surface area (Å²) in [5.41, 5.74) is 0. The predicted octanol–water partition coefficient (Wildman–Crippen LogP) is 1.47. The maximum Gasteiger partial charge on any atom is 0.235 e. The summed E-state index contributed by atoms with van der Waals surface area (Å²) < 4.78 is 0. The third-order valence-corrected chi connectivity index (χ3v) is 1.61. The van der Waals surface area contributed by atoms with Gasteiger partial charge in [-0.3, -0.25) is 0 Å². The summed E-state index contributed by atoms with van der Waals surface area (Å²) in [5.74, 6) is 0. The molecule has 0 spiro atoms. The minimum Gasteiger partial charge on any atom is -0.211 e. The van der Waals surface area contributed by atoms with Crippen LogP contribution in [0, 0.1) is 6.42 Å². The molecule has 1 rings (SSSR count). The van der Waals surface area contributed by atoms with E-state index in [1.54, 1.807) is 6.08 Å². The van der Waals surface area contributed by atoms with Crippen LogP contribution in [0.2, 0.25) is 0 Å². The Labute approximate surface area is 55.0 Å². The zero-order chi connectivity index (χ0) is 6.53. The largest absolute Gasteiger partial charge is 0.235 e. The molecular formula is C7H10NO. The second-order valence-electron chi connectivity index (χ2n) is 2.31. The van der Waals surface area contributed by atoms with Gasteiger partial charge in [0.15, 0.2) is 0 Å². The lowest BCUT2D eigenvalue weighted by Crippen LogP contribution is -2.09. The first-order valence-electron chi connectivity index (χ1n) is 3.34. The van der Waals surface area contributed by atoms with Crippen molar-refractivity contribution >= 4 is 6.08 Å². The molecule has 1 fully saturated rings. The molecular weight excluding hydrogens is 114 g/mol. The van der Waals surface area contributed by atoms with E-state index in [-0.39, 0.29) is 6.04 Å². The van der Waals surface area contributed by atoms with Crippen molar-refractivity contribution in [1.29, 1.82) is 0 Å². The average molecular weight is 124 g/mol. The van der Waals surface area contributed by atoms with Crippen LogP contribution in [0.4, 0.5) is 0 Å². The van der Waals surface area contributed by atoms with Crippen LogP contribution in [0.3, 0.4) is 0 Å². The summed E-state index contributed by atoms with van der Waals surface area (Å²) in [5, 5.41) is 0. The molecule has 1 atom stereocenters. The molecule has 0 aliphatic heterocycles. The van der Waals surface area contributed by atoms with Crippen molar-refractivity contribution in [2.24, 2.45) is 4.99 Å². The van der Waals surface area contributed by atoms with E-state index in [1.807, 2.05) is 0 Å². The van der Waals surface area contributed by atoms with Crippen molar-refractivity contribution < 1.29 is 4.79 Å². The van der Waals surface area contributed by atoms with Gasteiger partial charge in [-0.15, -0.1) is 0 Å². The molecule has 0 amide bonds. The third-order valence-electron chi connectivity index (χ3n) is 1.61. The van der Waals surface area contributed by atoms with Gasteiger partial charge in [-0.25, -0.2) is 9.79 Å². The maximum atomic E-state index is 9.76. The normalized spacial score (nSPS) is 20.9. The average Bonchev–Trinajstić information content (AvgIpc) is 1.91. The molecule has 0 aromatic rings. The fraction of sp³-hybridized carbons (Fsp3) is 0.714. The Morgan fingerprint density at radius 2 is 2.44 bits per heavy atom. The topological polar surface area (TPSA) is 29.4 Å². The van der Waals surface area contributed by atoms with E-state index in [0.29, 0.717) is 0 Å². The van der Waals surface area contributed by atoms with Gasteiger partial charge in [0.05, 0.1) is 6.04 Å². The minimum atomic E-state index is 0.177. The van der Waals surface area contributed by atoms with E-state index in [1.165, 1.54) is 12.8 Å². The highest BCUT2D eigenvalue weighted by Gasteiger charge is 2.10. The van der Waals surface area contributed by atoms with E-state index in [0.717, 1.165) is 12.8 Å². The van der Waals surface area contributed by atoms with Gasteiger partial charge in [0.1, 0.15) is 0 Å². The molecule has 2 nitrogen and oxygen atoms in total. The van der Waals surface area contributed by atoms with Crippen molar-refractivity contribution in [1.82, 2.24) is 0 Å². The summed E-state index contributed by atoms with van der Waals surface area (Å²) >= 11 is 0. The standard InChI is InChI=1S/C7H10NO/c9-6-8-7-4-2-1-3-5-7/h4,7H,1-3,5H2. The first kappa shape index (κ1) is 6.50. The lowest BCUT2D eigenvalue weighted by molar-refractivity contribution is 0.518. The van der Waals surface area contributed by atoms with Crippen molar-refractivity contribution in [2.45, 2.75) is 31.7 Å². The van der Waals surface area contributed by atoms with Crippen LogP contribution < -0.4 is 0 Å². The number of isocyanates is 1. The van der Waals surface area contributed by atoms with Crippen LogP contribution >= 0.6 is 0 Å². The summed E-state index contributed by atoms with van der Waals surface area (Å²) in [7, 11) is 0. The van der Waals surface area contributed by atoms with Crippen molar-refractivity contribution in [3.63, 3.8) is 0 Å². The highest BCUT2D eigenvalue weighted by molar-refractivity contribution is 5.34. The Kier molecular flexibility index (Phi) is 2.47. The number of rotatable bonds is 1. The number of aliphatic imine (C=N–C) groups is 1. The first-order valence-corrected chi connectivity index (χ1v) is 3.34. The predicted molar refractivity (Wildman–Crippen MR) is 34.7 cm³/mol. The highest BCUT2D eigenvalue weighted by Crippen LogP contribution is 2.18. The monoisotopic (exact) mass is 124 g/mol. The van der Waals surface area contributed by atoms with Gasteiger partial charge < -0.3 is 0 Å². The number of hydrogen-bond donors (Lipinski definition) is 0. The van der Waals surface area contributed by atoms with Gasteiger partial charge >= 0.3 is 0 Å². The first-order chi connectivity index (χ1) is 4.43. The van der Waals surface area contributed by atoms with Crippen LogP contribution in [0.25, 0.3) is 0 Å². The Balaban J connectivity index is 2.31. The van der Waals surface area contributed by atoms with Gasteiger partial charge in [0.25, 0.3) is 0 Å². The quantitative estimate of drug-likeness (QED) is 0.384. The second-order valence-corrected chi connectivity index (χ2v) is 2.31. The summed E-state index contributed by atoms with van der Waals surface area (Å²) in [6.07, 6.45) is 8.27. The molecule has 1 aliphatic rings. The highest BCUT2D eigenvalue weighted by atomic mass is 16.1. The Morgan fingerprint density at radius 1 is 1.56 bits per heavy atom. The van der Waals surface area contributed by atoms with Gasteiger partial charge in [-0.05, 0) is 19.3 Å². The van der Waals surface area contributed by atoms with Crippen LogP contribution in [0.1, 0.15) is 25.7 Å². The van der Waals surface area contributed by atoms with Crippen LogP contribution in [-0.4, -0.2) is 12.1 Å². The molecule has 0 aromatic heterocycles. The molecule has 0 aromatic carbocycles. The van der Waals surface area contributed by atoms with E-state index < -0.39 is 0 Å². The van der Waals surface area contributed by atoms with E-state index in [9.17, 15) is 4.79 Å². The molecule has 0 N–H and O–H groups in total. The Morgan fingerprint density at radius 3 is 3.00 bits per heavy atom. The fourth-order valence-electron chi connectivity index (χ4n) is 1.11. The zero-order valence-electron chi connectivity index (χ0n) is 5.34. The summed E-state index contributed by atoms with van der Waals surface area (Å²) in [6, 6.07) is 0.177. The fourth-order valence-corrected chi connectivity index (χ4v) is 1.11. The Bertz CT molecular complexity index is 121. The maximum absolute atomic E-state index is 9.76. The number of nitrogens with zero attached hydrogens (tertiary/aromatic N) is 1. The van der Waals surface area contributed by atoms with Crippen LogP contribution in [0.15, 0.2) is 4.99 Å². The molecule has 1 unspecified atom stereocenters. The molecule has 0 heterocycles. The van der Waals surface area contributed by atoms with Gasteiger partial charge in [0, 0.05) is 0 Å². The Hall–Kier alpha value is -0.620. The number of carbonyl (C=O) groups excluding carboxylic acids is 1. The van der Waals surface area contributed by atoms with Gasteiger partial charge in [0.2, 0.25) is 6.08 Å². The summed E-state index contributed by atoms with van der Waals surface area (Å²) in [6.45, 7) is 0. The van der Waals surface area contributed by atoms with Crippen molar-refractivity contribution in [3.8, 4) is 0 Å². The van der Waals surface area contributed by atoms with Crippen molar-refractivity contribution in [3.05, 3.63) is 6.42 Å². The van der Waals surface area contributed by atoms with Crippen molar-refractivity contribution in [2.75, 3.05) is 0 Å². The van der Waals surface area contributed by atoms with Crippen LogP contribution in [-0.2, 0) is 4.79 Å². The molecule has 49 valence electrons. The summed E-state index contributed by atoms with van der Waals surface area (Å²) in [4.78, 5) is 13.4. The smallest absolute Gasteiger partial charge is 0.211 e. The van der Waals surface area contributed by atoms with Gasteiger partial charge in [-0.1, -0.05) is 12.8 Å². The minimum absolute atomic E-state index is 0.177. The lowest BCUT2D eigenvalue weighted by atomic mass is 9.96. The molecule has 1 saturated carbocycles. The molecule has 1 radical (unpaired) electrons. The molecule has 9 heavy (non-hydrogen) atoms. The van der Waals surface area contributed by atoms with E-state index in [2.05, 4.69) is 11.4 Å². The van der Waals surface area contributed by atoms with E-state index in [4.69, 9.17) is 0 Å². The van der Waals surface area contributed by atoms with Gasteiger partial charge in [-0.2, -0.15) is 0 Å². The van der Waals surface area contributed by atoms with E-state index >= 15 is 0 Å². The molecule has 2 heteroatoms. The SMILES string of the molecule is O=C=NC1[CH]CCCC1. The number of hydrogen-bond acceptors (Lipinski definition) is 2. The molecule has 1 aliphatic carbocycles. The molecule has 0 bridgehead atoms. The lowest BCUT2D eigenvalue weighted by Gasteiger charge is -2.14. The zero-order valence-corrected chi connectivity index (χ0v) is 5.34. The second kappa shape index (κ2) is 3.41. The third kappa shape index (κ3) is 1.98. The molecule has 0 saturated heterocycles. The van der Waals surface area contributed by atoms with Crippen LogP contribution in [0.5, 0.6) is 0 Å².